The fourth-order valence-corrected chi connectivity index (χ4v) is 5.48. The van der Waals surface area contributed by atoms with Crippen molar-refractivity contribution in [1.82, 2.24) is 4.90 Å². The number of carbonyl (C=O) groups is 1. The van der Waals surface area contributed by atoms with E-state index < -0.39 is 0 Å². The van der Waals surface area contributed by atoms with Crippen LogP contribution in [0.5, 0.6) is 0 Å². The molecule has 37 heavy (non-hydrogen) atoms. The molecule has 4 nitrogen and oxygen atoms in total. The Kier molecular flexibility index (Phi) is 26.8. The molecular weight excluding hydrogens is 458 g/mol. The van der Waals surface area contributed by atoms with Gasteiger partial charge in [-0.05, 0) is 45.6 Å². The number of hydrogen-bond donors (Lipinski definition) is 2. The maximum atomic E-state index is 11.7. The minimum absolute atomic E-state index is 0.188. The zero-order chi connectivity index (χ0) is 27.6. The fourth-order valence-electron chi connectivity index (χ4n) is 5.48. The average Bonchev–Trinajstić information content (AvgIpc) is 2.86. The van der Waals surface area contributed by atoms with Gasteiger partial charge >= 0.3 is 0 Å². The lowest BCUT2D eigenvalue weighted by molar-refractivity contribution is -0.121. The highest BCUT2D eigenvalue weighted by Gasteiger charge is 2.17. The van der Waals surface area contributed by atoms with Crippen molar-refractivity contribution in [2.75, 3.05) is 19.6 Å². The first-order valence-electron chi connectivity index (χ1n) is 16.5. The monoisotopic (exact) mass is 526 g/mol. The van der Waals surface area contributed by atoms with Crippen molar-refractivity contribution in [3.8, 4) is 0 Å². The first-order valence-corrected chi connectivity index (χ1v) is 16.5. The van der Waals surface area contributed by atoms with Gasteiger partial charge in [0.1, 0.15) is 5.78 Å². The van der Waals surface area contributed by atoms with Crippen molar-refractivity contribution >= 4 is 5.78 Å². The number of unbranched alkanes of at least 4 members (excludes halogenated alkanes) is 15. The van der Waals surface area contributed by atoms with E-state index in [9.17, 15) is 15.0 Å². The van der Waals surface area contributed by atoms with Crippen LogP contribution >= 0.6 is 0 Å². The Bertz CT molecular complexity index is 456. The van der Waals surface area contributed by atoms with Crippen LogP contribution in [-0.4, -0.2) is 52.7 Å². The van der Waals surface area contributed by atoms with Gasteiger partial charge in [0.05, 0.1) is 12.2 Å². The summed E-state index contributed by atoms with van der Waals surface area (Å²) in [6, 6.07) is 0. The summed E-state index contributed by atoms with van der Waals surface area (Å²) in [6.45, 7) is 10.6. The number of ketones is 1. The molecular formula is C33H67NO3. The fraction of sp³-hybridized carbons (Fsp3) is 0.970. The van der Waals surface area contributed by atoms with Crippen LogP contribution in [0, 0.1) is 5.92 Å². The molecule has 0 amide bonds. The summed E-state index contributed by atoms with van der Waals surface area (Å²) in [5.41, 5.74) is 0. The van der Waals surface area contributed by atoms with E-state index in [0.29, 0.717) is 18.9 Å². The van der Waals surface area contributed by atoms with E-state index in [1.54, 1.807) is 6.92 Å². The molecule has 0 heterocycles. The van der Waals surface area contributed by atoms with E-state index in [1.165, 1.54) is 89.9 Å². The quantitative estimate of drug-likeness (QED) is 0.0957. The van der Waals surface area contributed by atoms with Gasteiger partial charge in [-0.1, -0.05) is 130 Å². The van der Waals surface area contributed by atoms with Crippen LogP contribution in [0.4, 0.5) is 0 Å². The first kappa shape index (κ1) is 36.5. The number of rotatable bonds is 29. The Balaban J connectivity index is 4.34. The second kappa shape index (κ2) is 27.1. The zero-order valence-corrected chi connectivity index (χ0v) is 25.7. The van der Waals surface area contributed by atoms with Crippen LogP contribution in [0.2, 0.25) is 0 Å². The molecule has 0 saturated heterocycles. The minimum atomic E-state index is -0.309. The Morgan fingerprint density at radius 2 is 0.946 bits per heavy atom. The van der Waals surface area contributed by atoms with Crippen molar-refractivity contribution in [3.05, 3.63) is 0 Å². The molecule has 0 aromatic heterocycles. The van der Waals surface area contributed by atoms with Crippen molar-refractivity contribution < 1.29 is 15.0 Å². The Morgan fingerprint density at radius 1 is 0.568 bits per heavy atom. The van der Waals surface area contributed by atoms with E-state index >= 15 is 0 Å². The first-order chi connectivity index (χ1) is 17.9. The standard InChI is InChI=1S/C33H67NO3/c1-5-8-10-12-14-16-18-20-25-32(36)28-34(27-23-22-24-31(7-3)30(4)35)29-33(37)26-21-19-17-15-13-11-9-6-2/h31-33,36-37H,5-29H2,1-4H3. The molecule has 0 fully saturated rings. The zero-order valence-electron chi connectivity index (χ0n) is 25.7. The Hall–Kier alpha value is -0.450. The number of aliphatic hydroxyl groups excluding tert-OH is 2. The molecule has 0 saturated carbocycles. The van der Waals surface area contributed by atoms with Gasteiger partial charge in [-0.3, -0.25) is 9.69 Å². The smallest absolute Gasteiger partial charge is 0.132 e. The summed E-state index contributed by atoms with van der Waals surface area (Å²) in [7, 11) is 0. The van der Waals surface area contributed by atoms with Crippen LogP contribution in [0.15, 0.2) is 0 Å². The lowest BCUT2D eigenvalue weighted by atomic mass is 9.95. The van der Waals surface area contributed by atoms with E-state index in [1.807, 2.05) is 0 Å². The summed E-state index contributed by atoms with van der Waals surface area (Å²) < 4.78 is 0. The molecule has 0 spiro atoms. The van der Waals surface area contributed by atoms with Gasteiger partial charge in [-0.2, -0.15) is 0 Å². The molecule has 0 aliphatic rings. The topological polar surface area (TPSA) is 60.8 Å². The highest BCUT2D eigenvalue weighted by molar-refractivity contribution is 5.78. The van der Waals surface area contributed by atoms with Gasteiger partial charge in [0.15, 0.2) is 0 Å². The summed E-state index contributed by atoms with van der Waals surface area (Å²) in [5, 5.41) is 21.5. The van der Waals surface area contributed by atoms with Crippen molar-refractivity contribution in [3.63, 3.8) is 0 Å². The molecule has 0 aliphatic heterocycles. The van der Waals surface area contributed by atoms with Crippen LogP contribution in [-0.2, 0) is 4.79 Å². The minimum Gasteiger partial charge on any atom is -0.392 e. The van der Waals surface area contributed by atoms with Crippen LogP contribution in [0.25, 0.3) is 0 Å². The maximum Gasteiger partial charge on any atom is 0.132 e. The highest BCUT2D eigenvalue weighted by Crippen LogP contribution is 2.16. The second-order valence-electron chi connectivity index (χ2n) is 11.8. The molecule has 0 aliphatic carbocycles. The van der Waals surface area contributed by atoms with Gasteiger partial charge in [0, 0.05) is 19.0 Å². The molecule has 0 rings (SSSR count). The van der Waals surface area contributed by atoms with Crippen molar-refractivity contribution in [2.24, 2.45) is 5.92 Å². The van der Waals surface area contributed by atoms with E-state index in [0.717, 1.165) is 57.9 Å². The number of Topliss-reactive ketones (excluding diaryl/α,β-unsaturated/α-hetero) is 1. The van der Waals surface area contributed by atoms with Crippen LogP contribution in [0.3, 0.4) is 0 Å². The van der Waals surface area contributed by atoms with Gasteiger partial charge in [-0.15, -0.1) is 0 Å². The molecule has 3 unspecified atom stereocenters. The largest absolute Gasteiger partial charge is 0.392 e. The summed E-state index contributed by atoms with van der Waals surface area (Å²) in [6.07, 6.45) is 25.6. The third-order valence-corrected chi connectivity index (χ3v) is 8.06. The van der Waals surface area contributed by atoms with Crippen molar-refractivity contribution in [2.45, 2.75) is 181 Å². The average molecular weight is 526 g/mol. The van der Waals surface area contributed by atoms with E-state index in [2.05, 4.69) is 25.7 Å². The number of nitrogens with zero attached hydrogens (tertiary/aromatic N) is 1. The van der Waals surface area contributed by atoms with Gasteiger partial charge in [0.2, 0.25) is 0 Å². The lowest BCUT2D eigenvalue weighted by Gasteiger charge is -2.27. The number of aliphatic hydroxyl groups is 2. The molecule has 0 radical (unpaired) electrons. The third-order valence-electron chi connectivity index (χ3n) is 8.06. The Morgan fingerprint density at radius 3 is 1.32 bits per heavy atom. The van der Waals surface area contributed by atoms with E-state index in [4.69, 9.17) is 0 Å². The third kappa shape index (κ3) is 24.3. The number of carbonyl (C=O) groups excluding carboxylic acids is 1. The predicted octanol–water partition coefficient (Wildman–Crippen LogP) is 8.86. The van der Waals surface area contributed by atoms with Crippen LogP contribution < -0.4 is 0 Å². The lowest BCUT2D eigenvalue weighted by Crippen LogP contribution is -2.38. The van der Waals surface area contributed by atoms with E-state index in [-0.39, 0.29) is 18.1 Å². The summed E-state index contributed by atoms with van der Waals surface area (Å²) in [5.74, 6) is 0.495. The molecule has 222 valence electrons. The van der Waals surface area contributed by atoms with Gasteiger partial charge in [-0.25, -0.2) is 0 Å². The Labute approximate surface area is 232 Å². The molecule has 3 atom stereocenters. The molecule has 2 N–H and O–H groups in total. The summed E-state index contributed by atoms with van der Waals surface area (Å²) in [4.78, 5) is 14.0. The van der Waals surface area contributed by atoms with Gasteiger partial charge in [0.25, 0.3) is 0 Å². The molecule has 4 heteroatoms. The molecule has 0 aromatic rings. The highest BCUT2D eigenvalue weighted by atomic mass is 16.3. The molecule has 0 aromatic carbocycles. The predicted molar refractivity (Wildman–Crippen MR) is 161 cm³/mol. The van der Waals surface area contributed by atoms with Gasteiger partial charge < -0.3 is 10.2 Å². The SMILES string of the molecule is CCCCCCCCCCC(O)CN(CCCCC(CC)C(C)=O)CC(O)CCCCCCCCCC. The van der Waals surface area contributed by atoms with Crippen molar-refractivity contribution in [1.29, 1.82) is 0 Å². The maximum absolute atomic E-state index is 11.7. The second-order valence-corrected chi connectivity index (χ2v) is 11.8. The summed E-state index contributed by atoms with van der Waals surface area (Å²) >= 11 is 0. The normalized spacial score (nSPS) is 14.2. The van der Waals surface area contributed by atoms with Crippen LogP contribution in [0.1, 0.15) is 169 Å². The molecule has 0 bridgehead atoms. The number of hydrogen-bond acceptors (Lipinski definition) is 4.